The molecule has 0 saturated carbocycles. The van der Waals surface area contributed by atoms with Gasteiger partial charge in [0, 0.05) is 24.1 Å². The molecule has 2 aromatic rings. The molecule has 0 bridgehead atoms. The summed E-state index contributed by atoms with van der Waals surface area (Å²) < 4.78 is 50.9. The molecule has 0 radical (unpaired) electrons. The highest BCUT2D eigenvalue weighted by Crippen LogP contribution is 2.29. The fraction of sp³-hybridized carbons (Fsp3) is 0.294. The lowest BCUT2D eigenvalue weighted by molar-refractivity contribution is 0.354. The Morgan fingerprint density at radius 3 is 2.48 bits per heavy atom. The Morgan fingerprint density at radius 2 is 1.80 bits per heavy atom. The number of thioether (sulfide) groups is 1. The third-order valence-corrected chi connectivity index (χ3v) is 5.89. The standard InChI is InChI=1S/C17H20FNO4S2/c1-22-16-8-7-14(11-17(16)23-2)25(20,21)19-9-10-24-12-13-5-3-4-6-15(13)18/h3-8,11,19H,9-10,12H2,1-2H3. The lowest BCUT2D eigenvalue weighted by Gasteiger charge is -2.11. The second kappa shape index (κ2) is 9.07. The van der Waals surface area contributed by atoms with E-state index in [2.05, 4.69) is 4.72 Å². The van der Waals surface area contributed by atoms with Gasteiger partial charge in [-0.15, -0.1) is 0 Å². The summed E-state index contributed by atoms with van der Waals surface area (Å²) >= 11 is 1.46. The minimum absolute atomic E-state index is 0.101. The number of nitrogens with one attached hydrogen (secondary N) is 1. The second-order valence-corrected chi connectivity index (χ2v) is 7.93. The number of ether oxygens (including phenoxy) is 2. The van der Waals surface area contributed by atoms with Gasteiger partial charge in [0.25, 0.3) is 0 Å². The number of rotatable bonds is 9. The predicted molar refractivity (Wildman–Crippen MR) is 97.3 cm³/mol. The molecule has 0 aromatic heterocycles. The first-order valence-electron chi connectivity index (χ1n) is 7.51. The number of halogens is 1. The molecule has 0 aliphatic heterocycles. The molecule has 0 aliphatic carbocycles. The van der Waals surface area contributed by atoms with Crippen LogP contribution in [0.15, 0.2) is 47.4 Å². The number of hydrogen-bond acceptors (Lipinski definition) is 5. The maximum absolute atomic E-state index is 13.5. The van der Waals surface area contributed by atoms with Crippen LogP contribution in [0.25, 0.3) is 0 Å². The zero-order chi connectivity index (χ0) is 18.3. The van der Waals surface area contributed by atoms with E-state index in [4.69, 9.17) is 9.47 Å². The summed E-state index contributed by atoms with van der Waals surface area (Å²) in [4.78, 5) is 0.101. The third-order valence-electron chi connectivity index (χ3n) is 3.42. The summed E-state index contributed by atoms with van der Waals surface area (Å²) in [6.45, 7) is 0.246. The van der Waals surface area contributed by atoms with Gasteiger partial charge in [0.05, 0.1) is 19.1 Å². The first-order valence-corrected chi connectivity index (χ1v) is 10.1. The fourth-order valence-electron chi connectivity index (χ4n) is 2.11. The molecule has 0 aliphatic rings. The van der Waals surface area contributed by atoms with E-state index in [-0.39, 0.29) is 17.3 Å². The van der Waals surface area contributed by atoms with Crippen molar-refractivity contribution in [2.75, 3.05) is 26.5 Å². The van der Waals surface area contributed by atoms with Gasteiger partial charge in [-0.25, -0.2) is 17.5 Å². The Balaban J connectivity index is 1.88. The first-order chi connectivity index (χ1) is 12.0. The Hall–Kier alpha value is -1.77. The van der Waals surface area contributed by atoms with Crippen molar-refractivity contribution < 1.29 is 22.3 Å². The van der Waals surface area contributed by atoms with Gasteiger partial charge in [0.15, 0.2) is 11.5 Å². The van der Waals surface area contributed by atoms with E-state index in [1.54, 1.807) is 24.3 Å². The smallest absolute Gasteiger partial charge is 0.240 e. The van der Waals surface area contributed by atoms with Gasteiger partial charge in [0.1, 0.15) is 5.82 Å². The summed E-state index contributed by atoms with van der Waals surface area (Å²) in [7, 11) is -0.715. The van der Waals surface area contributed by atoms with Gasteiger partial charge in [-0.2, -0.15) is 11.8 Å². The van der Waals surface area contributed by atoms with Gasteiger partial charge in [0.2, 0.25) is 10.0 Å². The van der Waals surface area contributed by atoms with E-state index < -0.39 is 10.0 Å². The van der Waals surface area contributed by atoms with Crippen molar-refractivity contribution in [1.82, 2.24) is 4.72 Å². The summed E-state index contributed by atoms with van der Waals surface area (Å²) in [5.41, 5.74) is 0.607. The minimum atomic E-state index is -3.64. The highest BCUT2D eigenvalue weighted by Gasteiger charge is 2.16. The van der Waals surface area contributed by atoms with Crippen molar-refractivity contribution in [3.63, 3.8) is 0 Å². The van der Waals surface area contributed by atoms with Crippen LogP contribution >= 0.6 is 11.8 Å². The molecule has 0 unspecified atom stereocenters. The van der Waals surface area contributed by atoms with E-state index in [9.17, 15) is 12.8 Å². The monoisotopic (exact) mass is 385 g/mol. The minimum Gasteiger partial charge on any atom is -0.493 e. The molecular weight excluding hydrogens is 365 g/mol. The van der Waals surface area contributed by atoms with Crippen LogP contribution in [0.4, 0.5) is 4.39 Å². The van der Waals surface area contributed by atoms with Crippen LogP contribution in [0.3, 0.4) is 0 Å². The molecule has 136 valence electrons. The SMILES string of the molecule is COc1ccc(S(=O)(=O)NCCSCc2ccccc2F)cc1OC. The van der Waals surface area contributed by atoms with Crippen LogP contribution in [0.5, 0.6) is 11.5 Å². The second-order valence-electron chi connectivity index (χ2n) is 5.06. The molecule has 0 saturated heterocycles. The highest BCUT2D eigenvalue weighted by atomic mass is 32.2. The number of sulfonamides is 1. The van der Waals surface area contributed by atoms with Crippen LogP contribution in [0, 0.1) is 5.82 Å². The Bertz CT molecular complexity index is 812. The number of hydrogen-bond donors (Lipinski definition) is 1. The van der Waals surface area contributed by atoms with E-state index >= 15 is 0 Å². The number of methoxy groups -OCH3 is 2. The first kappa shape index (κ1) is 19.6. The molecule has 2 rings (SSSR count). The molecule has 0 atom stereocenters. The van der Waals surface area contributed by atoms with Crippen molar-refractivity contribution >= 4 is 21.8 Å². The fourth-order valence-corrected chi connectivity index (χ4v) is 4.13. The van der Waals surface area contributed by atoms with Crippen LogP contribution < -0.4 is 14.2 Å². The van der Waals surface area contributed by atoms with Gasteiger partial charge >= 0.3 is 0 Å². The quantitative estimate of drug-likeness (QED) is 0.672. The normalized spacial score (nSPS) is 11.3. The summed E-state index contributed by atoms with van der Waals surface area (Å²) in [6, 6.07) is 11.0. The average Bonchev–Trinajstić information content (AvgIpc) is 2.62. The largest absolute Gasteiger partial charge is 0.493 e. The molecular formula is C17H20FNO4S2. The molecule has 8 heteroatoms. The summed E-state index contributed by atoms with van der Waals surface area (Å²) in [5.74, 6) is 1.58. The van der Waals surface area contributed by atoms with Crippen LogP contribution in [-0.4, -0.2) is 34.9 Å². The van der Waals surface area contributed by atoms with Crippen molar-refractivity contribution in [2.24, 2.45) is 0 Å². The van der Waals surface area contributed by atoms with Crippen molar-refractivity contribution in [1.29, 1.82) is 0 Å². The molecule has 0 fully saturated rings. The molecule has 25 heavy (non-hydrogen) atoms. The van der Waals surface area contributed by atoms with Crippen LogP contribution in [0.1, 0.15) is 5.56 Å². The summed E-state index contributed by atoms with van der Waals surface area (Å²) in [5, 5.41) is 0. The highest BCUT2D eigenvalue weighted by molar-refractivity contribution is 7.98. The molecule has 1 N–H and O–H groups in total. The molecule has 5 nitrogen and oxygen atoms in total. The zero-order valence-electron chi connectivity index (χ0n) is 14.0. The van der Waals surface area contributed by atoms with Gasteiger partial charge in [-0.1, -0.05) is 18.2 Å². The van der Waals surface area contributed by atoms with Crippen LogP contribution in [0.2, 0.25) is 0 Å². The van der Waals surface area contributed by atoms with E-state index in [1.165, 1.54) is 44.2 Å². The Kier molecular flexibility index (Phi) is 7.10. The van der Waals surface area contributed by atoms with Gasteiger partial charge < -0.3 is 9.47 Å². The van der Waals surface area contributed by atoms with Crippen molar-refractivity contribution in [3.05, 3.63) is 53.8 Å². The lowest BCUT2D eigenvalue weighted by atomic mass is 10.2. The third kappa shape index (κ3) is 5.35. The van der Waals surface area contributed by atoms with Gasteiger partial charge in [-0.3, -0.25) is 0 Å². The maximum atomic E-state index is 13.5. The molecule has 0 amide bonds. The Labute approximate surface area is 151 Å². The predicted octanol–water partition coefficient (Wildman–Crippen LogP) is 3.05. The van der Waals surface area contributed by atoms with Crippen molar-refractivity contribution in [3.8, 4) is 11.5 Å². The van der Waals surface area contributed by atoms with Gasteiger partial charge in [-0.05, 0) is 23.8 Å². The average molecular weight is 385 g/mol. The summed E-state index contributed by atoms with van der Waals surface area (Å²) in [6.07, 6.45) is 0. The van der Waals surface area contributed by atoms with Crippen LogP contribution in [-0.2, 0) is 15.8 Å². The zero-order valence-corrected chi connectivity index (χ0v) is 15.6. The maximum Gasteiger partial charge on any atom is 0.240 e. The lowest BCUT2D eigenvalue weighted by Crippen LogP contribution is -2.26. The molecule has 0 spiro atoms. The van der Waals surface area contributed by atoms with E-state index in [0.717, 1.165) is 0 Å². The molecule has 0 heterocycles. The topological polar surface area (TPSA) is 64.6 Å². The van der Waals surface area contributed by atoms with Crippen molar-refractivity contribution in [2.45, 2.75) is 10.6 Å². The van der Waals surface area contributed by atoms with E-state index in [1.807, 2.05) is 0 Å². The molecule has 2 aromatic carbocycles. The number of benzene rings is 2. The van der Waals surface area contributed by atoms with E-state index in [0.29, 0.717) is 28.6 Å². The Morgan fingerprint density at radius 1 is 1.08 bits per heavy atom.